The lowest BCUT2D eigenvalue weighted by atomic mass is 9.94. The van der Waals surface area contributed by atoms with Gasteiger partial charge >= 0.3 is 0 Å². The minimum Gasteiger partial charge on any atom is -0.456 e. The van der Waals surface area contributed by atoms with Crippen LogP contribution in [-0.4, -0.2) is 4.40 Å². The van der Waals surface area contributed by atoms with Crippen molar-refractivity contribution in [1.82, 2.24) is 4.40 Å². The van der Waals surface area contributed by atoms with Gasteiger partial charge in [0, 0.05) is 49.4 Å². The standard InChI is InChI=1S/C54H32N2O/c1-2-12-40-38(10-1)39-11-3-4-13-41(39)48-31-36(25-28-42(40)48)55(35-23-20-33(21-24-35)34-22-27-45-44-15-6-8-19-52(44)57-53(45)30-34)37-26-29-51-49(32-37)47-17-9-16-46-43-14-5-7-18-50(43)56(51)54(46)47/h1-32H. The van der Waals surface area contributed by atoms with Crippen molar-refractivity contribution in [1.29, 1.82) is 0 Å². The molecule has 13 rings (SSSR count). The van der Waals surface area contributed by atoms with Crippen molar-refractivity contribution >= 4 is 109 Å². The van der Waals surface area contributed by atoms with Crippen LogP contribution >= 0.6 is 0 Å². The van der Waals surface area contributed by atoms with Gasteiger partial charge < -0.3 is 13.7 Å². The summed E-state index contributed by atoms with van der Waals surface area (Å²) in [6.07, 6.45) is 0. The Morgan fingerprint density at radius 2 is 0.789 bits per heavy atom. The van der Waals surface area contributed by atoms with E-state index in [1.54, 1.807) is 0 Å². The number of aromatic nitrogens is 1. The molecule has 264 valence electrons. The molecule has 57 heavy (non-hydrogen) atoms. The summed E-state index contributed by atoms with van der Waals surface area (Å²) in [4.78, 5) is 2.42. The van der Waals surface area contributed by atoms with Crippen LogP contribution in [0.4, 0.5) is 17.1 Å². The Morgan fingerprint density at radius 1 is 0.298 bits per heavy atom. The summed E-state index contributed by atoms with van der Waals surface area (Å²) < 4.78 is 8.72. The lowest BCUT2D eigenvalue weighted by Crippen LogP contribution is -2.10. The fourth-order valence-electron chi connectivity index (χ4n) is 9.75. The molecule has 0 bridgehead atoms. The van der Waals surface area contributed by atoms with E-state index in [4.69, 9.17) is 4.42 Å². The first-order valence-corrected chi connectivity index (χ1v) is 19.6. The van der Waals surface area contributed by atoms with Crippen LogP contribution < -0.4 is 4.90 Å². The first kappa shape index (κ1) is 30.7. The lowest BCUT2D eigenvalue weighted by molar-refractivity contribution is 0.669. The number of para-hydroxylation sites is 3. The average molecular weight is 725 g/mol. The molecule has 0 N–H and O–H groups in total. The summed E-state index contributed by atoms with van der Waals surface area (Å²) in [5, 5.41) is 15.0. The Bertz CT molecular complexity index is 3720. The third kappa shape index (κ3) is 4.31. The monoisotopic (exact) mass is 724 g/mol. The average Bonchev–Trinajstić information content (AvgIpc) is 3.94. The van der Waals surface area contributed by atoms with E-state index in [-0.39, 0.29) is 0 Å². The first-order chi connectivity index (χ1) is 28.3. The van der Waals surface area contributed by atoms with Gasteiger partial charge in [0.1, 0.15) is 11.2 Å². The van der Waals surface area contributed by atoms with Crippen LogP contribution in [0.1, 0.15) is 0 Å². The van der Waals surface area contributed by atoms with Gasteiger partial charge in [-0.1, -0.05) is 127 Å². The second-order valence-corrected chi connectivity index (χ2v) is 15.3. The molecular weight excluding hydrogens is 693 g/mol. The van der Waals surface area contributed by atoms with E-state index >= 15 is 0 Å². The van der Waals surface area contributed by atoms with E-state index in [9.17, 15) is 0 Å². The Kier molecular flexibility index (Phi) is 6.16. The second-order valence-electron chi connectivity index (χ2n) is 15.3. The predicted molar refractivity (Wildman–Crippen MR) is 241 cm³/mol. The highest BCUT2D eigenvalue weighted by molar-refractivity contribution is 6.26. The Hall–Kier alpha value is -7.62. The topological polar surface area (TPSA) is 20.8 Å². The number of nitrogens with zero attached hydrogens (tertiary/aromatic N) is 2. The molecule has 3 aromatic heterocycles. The Morgan fingerprint density at radius 3 is 1.54 bits per heavy atom. The summed E-state index contributed by atoms with van der Waals surface area (Å²) in [5.41, 5.74) is 11.2. The molecule has 0 fully saturated rings. The van der Waals surface area contributed by atoms with Crippen LogP contribution in [0.25, 0.3) is 103 Å². The van der Waals surface area contributed by atoms with Crippen LogP contribution in [0.5, 0.6) is 0 Å². The van der Waals surface area contributed by atoms with Crippen LogP contribution in [0.3, 0.4) is 0 Å². The van der Waals surface area contributed by atoms with Crippen LogP contribution in [0.2, 0.25) is 0 Å². The van der Waals surface area contributed by atoms with Gasteiger partial charge in [0.25, 0.3) is 0 Å². The van der Waals surface area contributed by atoms with Crippen molar-refractivity contribution in [2.45, 2.75) is 0 Å². The fraction of sp³-hybridized carbons (Fsp3) is 0. The molecule has 3 nitrogen and oxygen atoms in total. The zero-order valence-corrected chi connectivity index (χ0v) is 30.8. The zero-order valence-electron chi connectivity index (χ0n) is 30.8. The summed E-state index contributed by atoms with van der Waals surface area (Å²) >= 11 is 0. The van der Waals surface area contributed by atoms with Crippen molar-refractivity contribution in [2.75, 3.05) is 4.90 Å². The van der Waals surface area contributed by atoms with Crippen molar-refractivity contribution in [3.63, 3.8) is 0 Å². The van der Waals surface area contributed by atoms with Gasteiger partial charge in [0.05, 0.1) is 16.6 Å². The largest absolute Gasteiger partial charge is 0.456 e. The van der Waals surface area contributed by atoms with E-state index < -0.39 is 0 Å². The second kappa shape index (κ2) is 11.5. The molecule has 0 amide bonds. The number of furan rings is 1. The molecule has 0 saturated heterocycles. The van der Waals surface area contributed by atoms with Crippen LogP contribution in [-0.2, 0) is 0 Å². The van der Waals surface area contributed by atoms with E-state index in [1.165, 1.54) is 70.4 Å². The molecule has 0 aliphatic carbocycles. The number of fused-ring (bicyclic) bond motifs is 15. The quantitative estimate of drug-likeness (QED) is 0.169. The third-order valence-corrected chi connectivity index (χ3v) is 12.3. The maximum Gasteiger partial charge on any atom is 0.136 e. The van der Waals surface area contributed by atoms with Crippen molar-refractivity contribution in [3.05, 3.63) is 194 Å². The molecule has 0 atom stereocenters. The van der Waals surface area contributed by atoms with E-state index in [1.807, 2.05) is 12.1 Å². The van der Waals surface area contributed by atoms with E-state index in [0.717, 1.165) is 50.1 Å². The molecule has 0 aliphatic rings. The summed E-state index contributed by atoms with van der Waals surface area (Å²) in [6.45, 7) is 0. The fourth-order valence-corrected chi connectivity index (χ4v) is 9.75. The van der Waals surface area contributed by atoms with E-state index in [0.29, 0.717) is 0 Å². The van der Waals surface area contributed by atoms with Crippen LogP contribution in [0.15, 0.2) is 199 Å². The molecule has 0 aliphatic heterocycles. The highest BCUT2D eigenvalue weighted by Gasteiger charge is 2.21. The lowest BCUT2D eigenvalue weighted by Gasteiger charge is -2.26. The Labute approximate surface area is 327 Å². The molecule has 0 saturated carbocycles. The molecule has 10 aromatic carbocycles. The van der Waals surface area contributed by atoms with Crippen molar-refractivity contribution in [2.24, 2.45) is 0 Å². The maximum atomic E-state index is 6.27. The minimum absolute atomic E-state index is 0.904. The van der Waals surface area contributed by atoms with Crippen LogP contribution in [0, 0.1) is 0 Å². The number of anilines is 3. The maximum absolute atomic E-state index is 6.27. The zero-order chi connectivity index (χ0) is 37.2. The van der Waals surface area contributed by atoms with Gasteiger partial charge in [0.2, 0.25) is 0 Å². The molecule has 0 spiro atoms. The number of hydrogen-bond donors (Lipinski definition) is 0. The first-order valence-electron chi connectivity index (χ1n) is 19.6. The molecule has 3 heteroatoms. The summed E-state index contributed by atoms with van der Waals surface area (Å²) in [7, 11) is 0. The molecule has 0 radical (unpaired) electrons. The van der Waals surface area contributed by atoms with Gasteiger partial charge in [-0.3, -0.25) is 0 Å². The Balaban J connectivity index is 1.02. The van der Waals surface area contributed by atoms with Gasteiger partial charge in [-0.05, 0) is 110 Å². The number of benzene rings is 10. The van der Waals surface area contributed by atoms with Gasteiger partial charge in [-0.25, -0.2) is 0 Å². The summed E-state index contributed by atoms with van der Waals surface area (Å²) in [6, 6.07) is 70.9. The van der Waals surface area contributed by atoms with Crippen molar-refractivity contribution in [3.8, 4) is 11.1 Å². The SMILES string of the molecule is c1ccc2c(c1)oc1cc(-c3ccc(N(c4ccc5c6ccccc6c6ccccc6c5c4)c4ccc5c(c4)c4cccc6c7ccccc7n5c64)cc3)ccc12. The molecule has 3 heterocycles. The predicted octanol–water partition coefficient (Wildman–Crippen LogP) is 15.3. The smallest absolute Gasteiger partial charge is 0.136 e. The molecular formula is C54H32N2O. The van der Waals surface area contributed by atoms with Crippen molar-refractivity contribution < 1.29 is 4.42 Å². The third-order valence-electron chi connectivity index (χ3n) is 12.3. The highest BCUT2D eigenvalue weighted by Crippen LogP contribution is 2.45. The minimum atomic E-state index is 0.904. The van der Waals surface area contributed by atoms with Gasteiger partial charge in [-0.2, -0.15) is 0 Å². The summed E-state index contributed by atoms with van der Waals surface area (Å²) in [5.74, 6) is 0. The van der Waals surface area contributed by atoms with Gasteiger partial charge in [-0.15, -0.1) is 0 Å². The normalized spacial score (nSPS) is 12.2. The molecule has 13 aromatic rings. The number of hydrogen-bond acceptors (Lipinski definition) is 2. The van der Waals surface area contributed by atoms with Gasteiger partial charge in [0.15, 0.2) is 0 Å². The van der Waals surface area contributed by atoms with E-state index in [2.05, 4.69) is 191 Å². The number of rotatable bonds is 4. The molecule has 0 unspecified atom stereocenters. The highest BCUT2D eigenvalue weighted by atomic mass is 16.3.